The topological polar surface area (TPSA) is 75.4 Å². The van der Waals surface area contributed by atoms with Gasteiger partial charge in [0.1, 0.15) is 6.04 Å². The number of nitrogens with one attached hydrogen (secondary N) is 1. The second kappa shape index (κ2) is 6.52. The lowest BCUT2D eigenvalue weighted by atomic mass is 9.96. The van der Waals surface area contributed by atoms with Crippen LogP contribution in [0.1, 0.15) is 31.4 Å². The Balaban J connectivity index is 2.24. The van der Waals surface area contributed by atoms with Crippen LogP contribution in [0.5, 0.6) is 0 Å². The Morgan fingerprint density at radius 2 is 2.05 bits per heavy atom. The third-order valence-electron chi connectivity index (χ3n) is 3.66. The standard InChI is InChI=1S/C15H21N3O2/c1-11-6-5-9-18(10-11)13(14(19)17-15(16)20)12-7-3-2-4-8-12/h2-4,7-8,11,13H,5-6,9-10H2,1H3,(H3,16,17,19,20)/t11-,13+/m0/s1. The number of primary amides is 1. The van der Waals surface area contributed by atoms with Crippen molar-refractivity contribution >= 4 is 11.9 Å². The molecule has 1 saturated heterocycles. The van der Waals surface area contributed by atoms with Crippen LogP contribution in [0.2, 0.25) is 0 Å². The number of amides is 3. The van der Waals surface area contributed by atoms with Gasteiger partial charge in [0.15, 0.2) is 0 Å². The summed E-state index contributed by atoms with van der Waals surface area (Å²) in [5.74, 6) is 0.203. The van der Waals surface area contributed by atoms with Gasteiger partial charge in [-0.2, -0.15) is 0 Å². The van der Waals surface area contributed by atoms with Crippen LogP contribution in [-0.4, -0.2) is 29.9 Å². The second-order valence-corrected chi connectivity index (χ2v) is 5.41. The maximum Gasteiger partial charge on any atom is 0.318 e. The summed E-state index contributed by atoms with van der Waals surface area (Å²) in [6, 6.07) is 8.26. The molecule has 2 atom stereocenters. The third-order valence-corrected chi connectivity index (χ3v) is 3.66. The third kappa shape index (κ3) is 3.57. The first kappa shape index (κ1) is 14.5. The molecule has 1 aliphatic heterocycles. The van der Waals surface area contributed by atoms with Gasteiger partial charge in [-0.05, 0) is 30.9 Å². The van der Waals surface area contributed by atoms with Crippen molar-refractivity contribution in [2.45, 2.75) is 25.8 Å². The number of carbonyl (C=O) groups is 2. The maximum absolute atomic E-state index is 12.3. The van der Waals surface area contributed by atoms with Gasteiger partial charge in [0.2, 0.25) is 5.91 Å². The van der Waals surface area contributed by atoms with Crippen LogP contribution in [-0.2, 0) is 4.79 Å². The minimum atomic E-state index is -0.805. The molecule has 0 aliphatic carbocycles. The van der Waals surface area contributed by atoms with Crippen molar-refractivity contribution in [1.29, 1.82) is 0 Å². The zero-order chi connectivity index (χ0) is 14.5. The highest BCUT2D eigenvalue weighted by molar-refractivity contribution is 5.96. The first-order valence-corrected chi connectivity index (χ1v) is 6.97. The molecule has 3 N–H and O–H groups in total. The molecule has 1 fully saturated rings. The zero-order valence-electron chi connectivity index (χ0n) is 11.7. The number of carbonyl (C=O) groups excluding carboxylic acids is 2. The Morgan fingerprint density at radius 3 is 2.65 bits per heavy atom. The van der Waals surface area contributed by atoms with E-state index in [0.717, 1.165) is 25.1 Å². The maximum atomic E-state index is 12.3. The molecule has 3 amide bonds. The highest BCUT2D eigenvalue weighted by Crippen LogP contribution is 2.26. The van der Waals surface area contributed by atoms with E-state index in [9.17, 15) is 9.59 Å². The average molecular weight is 275 g/mol. The molecule has 20 heavy (non-hydrogen) atoms. The van der Waals surface area contributed by atoms with Gasteiger partial charge in [-0.25, -0.2) is 4.79 Å². The Kier molecular flexibility index (Phi) is 4.74. The van der Waals surface area contributed by atoms with Crippen LogP contribution in [0.15, 0.2) is 30.3 Å². The summed E-state index contributed by atoms with van der Waals surface area (Å²) in [6.45, 7) is 3.89. The largest absolute Gasteiger partial charge is 0.351 e. The highest BCUT2D eigenvalue weighted by atomic mass is 16.2. The van der Waals surface area contributed by atoms with Crippen molar-refractivity contribution in [3.63, 3.8) is 0 Å². The number of piperidine rings is 1. The number of hydrogen-bond donors (Lipinski definition) is 2. The second-order valence-electron chi connectivity index (χ2n) is 5.41. The van der Waals surface area contributed by atoms with Crippen LogP contribution in [0.3, 0.4) is 0 Å². The first-order valence-electron chi connectivity index (χ1n) is 6.97. The van der Waals surface area contributed by atoms with Crippen molar-refractivity contribution in [3.05, 3.63) is 35.9 Å². The summed E-state index contributed by atoms with van der Waals surface area (Å²) in [5.41, 5.74) is 5.97. The molecular formula is C15H21N3O2. The van der Waals surface area contributed by atoms with E-state index in [-0.39, 0.29) is 5.91 Å². The molecule has 5 heteroatoms. The summed E-state index contributed by atoms with van der Waals surface area (Å²) < 4.78 is 0. The SMILES string of the molecule is C[C@H]1CCCN([C@@H](C(=O)NC(N)=O)c2ccccc2)C1. The molecule has 0 aromatic heterocycles. The number of imide groups is 1. The first-order chi connectivity index (χ1) is 9.58. The van der Waals surface area contributed by atoms with E-state index in [1.54, 1.807) is 0 Å². The van der Waals surface area contributed by atoms with E-state index in [1.807, 2.05) is 30.3 Å². The van der Waals surface area contributed by atoms with Crippen LogP contribution in [0, 0.1) is 5.92 Å². The lowest BCUT2D eigenvalue weighted by molar-refractivity contribution is -0.126. The van der Waals surface area contributed by atoms with Crippen LogP contribution in [0.4, 0.5) is 4.79 Å². The van der Waals surface area contributed by atoms with Crippen molar-refractivity contribution in [2.75, 3.05) is 13.1 Å². The van der Waals surface area contributed by atoms with Gasteiger partial charge in [-0.15, -0.1) is 0 Å². The number of nitrogens with two attached hydrogens (primary N) is 1. The van der Waals surface area contributed by atoms with Crippen molar-refractivity contribution in [2.24, 2.45) is 11.7 Å². The lowest BCUT2D eigenvalue weighted by Crippen LogP contribution is -2.47. The van der Waals surface area contributed by atoms with E-state index < -0.39 is 12.1 Å². The smallest absolute Gasteiger partial charge is 0.318 e. The van der Waals surface area contributed by atoms with Crippen LogP contribution < -0.4 is 11.1 Å². The molecule has 0 radical (unpaired) electrons. The summed E-state index contributed by atoms with van der Waals surface area (Å²) in [7, 11) is 0. The molecule has 0 unspecified atom stereocenters. The quantitative estimate of drug-likeness (QED) is 0.880. The van der Waals surface area contributed by atoms with Gasteiger partial charge >= 0.3 is 6.03 Å². The molecule has 1 aliphatic rings. The molecule has 0 spiro atoms. The minimum Gasteiger partial charge on any atom is -0.351 e. The fourth-order valence-corrected chi connectivity index (χ4v) is 2.81. The Morgan fingerprint density at radius 1 is 1.35 bits per heavy atom. The van der Waals surface area contributed by atoms with Gasteiger partial charge in [-0.1, -0.05) is 37.3 Å². The zero-order valence-corrected chi connectivity index (χ0v) is 11.7. The number of likely N-dealkylation sites (tertiary alicyclic amines) is 1. The summed E-state index contributed by atoms with van der Waals surface area (Å²) in [6.07, 6.45) is 2.24. The Labute approximate surface area is 119 Å². The number of benzene rings is 1. The molecule has 108 valence electrons. The number of rotatable bonds is 3. The number of urea groups is 1. The van der Waals surface area contributed by atoms with Gasteiger partial charge in [0.05, 0.1) is 0 Å². The summed E-state index contributed by atoms with van der Waals surface area (Å²) >= 11 is 0. The minimum absolute atomic E-state index is 0.349. The van der Waals surface area contributed by atoms with Crippen molar-refractivity contribution < 1.29 is 9.59 Å². The molecule has 1 aromatic rings. The summed E-state index contributed by atoms with van der Waals surface area (Å²) in [4.78, 5) is 25.4. The van der Waals surface area contributed by atoms with Crippen molar-refractivity contribution in [3.8, 4) is 0 Å². The molecule has 2 rings (SSSR count). The van der Waals surface area contributed by atoms with Gasteiger partial charge in [0, 0.05) is 6.54 Å². The van der Waals surface area contributed by atoms with E-state index >= 15 is 0 Å². The molecule has 5 nitrogen and oxygen atoms in total. The van der Waals surface area contributed by atoms with Gasteiger partial charge in [0.25, 0.3) is 0 Å². The number of nitrogens with zero attached hydrogens (tertiary/aromatic N) is 1. The number of hydrogen-bond acceptors (Lipinski definition) is 3. The van der Waals surface area contributed by atoms with Gasteiger partial charge in [-0.3, -0.25) is 15.0 Å². The molecular weight excluding hydrogens is 254 g/mol. The Bertz CT molecular complexity index is 475. The van der Waals surface area contributed by atoms with Gasteiger partial charge < -0.3 is 5.73 Å². The molecule has 1 heterocycles. The predicted octanol–water partition coefficient (Wildman–Crippen LogP) is 1.65. The summed E-state index contributed by atoms with van der Waals surface area (Å²) in [5, 5.41) is 2.21. The van der Waals surface area contributed by atoms with E-state index in [1.165, 1.54) is 6.42 Å². The van der Waals surface area contributed by atoms with Crippen molar-refractivity contribution in [1.82, 2.24) is 10.2 Å². The van der Waals surface area contributed by atoms with E-state index in [0.29, 0.717) is 5.92 Å². The normalized spacial score (nSPS) is 21.1. The molecule has 0 bridgehead atoms. The molecule has 0 saturated carbocycles. The van der Waals surface area contributed by atoms with E-state index in [2.05, 4.69) is 17.1 Å². The average Bonchev–Trinajstić information content (AvgIpc) is 2.39. The van der Waals surface area contributed by atoms with E-state index in [4.69, 9.17) is 5.73 Å². The monoisotopic (exact) mass is 275 g/mol. The Hall–Kier alpha value is -1.88. The molecule has 1 aromatic carbocycles. The fourth-order valence-electron chi connectivity index (χ4n) is 2.81. The predicted molar refractivity (Wildman–Crippen MR) is 76.9 cm³/mol. The van der Waals surface area contributed by atoms with Crippen LogP contribution in [0.25, 0.3) is 0 Å². The van der Waals surface area contributed by atoms with Crippen LogP contribution >= 0.6 is 0 Å². The highest BCUT2D eigenvalue weighted by Gasteiger charge is 2.31. The fraction of sp³-hybridized carbons (Fsp3) is 0.467. The lowest BCUT2D eigenvalue weighted by Gasteiger charge is -2.36.